The first-order valence-corrected chi connectivity index (χ1v) is 5.13. The lowest BCUT2D eigenvalue weighted by atomic mass is 10.2. The number of hydrogen-bond donors (Lipinski definition) is 5. The van der Waals surface area contributed by atoms with Crippen LogP contribution in [0.15, 0.2) is 0 Å². The number of aliphatic hydroxyl groups is 1. The Kier molecular flexibility index (Phi) is 7.44. The minimum absolute atomic E-state index is 0.248. The van der Waals surface area contributed by atoms with E-state index in [2.05, 4.69) is 10.6 Å². The molecule has 0 saturated carbocycles. The van der Waals surface area contributed by atoms with E-state index >= 15 is 0 Å². The Hall–Kier alpha value is -1.83. The maximum atomic E-state index is 11.1. The Balaban J connectivity index is 3.65. The van der Waals surface area contributed by atoms with E-state index in [1.807, 2.05) is 0 Å². The minimum Gasteiger partial charge on any atom is -0.480 e. The zero-order valence-corrected chi connectivity index (χ0v) is 9.31. The molecule has 0 saturated heterocycles. The third kappa shape index (κ3) is 8.03. The molecule has 0 heterocycles. The second kappa shape index (κ2) is 8.34. The zero-order chi connectivity index (χ0) is 13.3. The number of nitrogens with two attached hydrogens (primary N) is 1. The number of aliphatic hydroxyl groups excluding tert-OH is 1. The van der Waals surface area contributed by atoms with Crippen molar-refractivity contribution in [2.45, 2.75) is 25.3 Å². The number of amides is 3. The minimum atomic E-state index is -1.32. The molecule has 8 heteroatoms. The third-order valence-electron chi connectivity index (χ3n) is 1.92. The average Bonchev–Trinajstić information content (AvgIpc) is 2.24. The SMILES string of the molecule is NC(=O)CCCCNC(=O)N[C@@H](CO)C(=O)O. The predicted molar refractivity (Wildman–Crippen MR) is 58.1 cm³/mol. The van der Waals surface area contributed by atoms with Crippen LogP contribution in [-0.2, 0) is 9.59 Å². The van der Waals surface area contributed by atoms with Crippen molar-refractivity contribution in [2.75, 3.05) is 13.2 Å². The van der Waals surface area contributed by atoms with Crippen LogP contribution in [0.2, 0.25) is 0 Å². The maximum absolute atomic E-state index is 11.1. The van der Waals surface area contributed by atoms with Gasteiger partial charge in [-0.2, -0.15) is 0 Å². The first-order chi connectivity index (χ1) is 7.97. The number of primary amides is 1. The number of carboxylic acid groups (broad SMARTS) is 1. The van der Waals surface area contributed by atoms with Crippen molar-refractivity contribution in [3.8, 4) is 0 Å². The number of aliphatic carboxylic acids is 1. The van der Waals surface area contributed by atoms with Crippen molar-refractivity contribution in [3.05, 3.63) is 0 Å². The van der Waals surface area contributed by atoms with Gasteiger partial charge >= 0.3 is 12.0 Å². The highest BCUT2D eigenvalue weighted by Crippen LogP contribution is 1.92. The molecule has 0 aromatic heterocycles. The summed E-state index contributed by atoms with van der Waals surface area (Å²) in [6.45, 7) is -0.374. The number of carbonyl (C=O) groups is 3. The maximum Gasteiger partial charge on any atom is 0.328 e. The van der Waals surface area contributed by atoms with Crippen LogP contribution >= 0.6 is 0 Å². The molecule has 0 aliphatic rings. The number of carboxylic acids is 1. The molecule has 17 heavy (non-hydrogen) atoms. The summed E-state index contributed by atoms with van der Waals surface area (Å²) in [4.78, 5) is 32.0. The van der Waals surface area contributed by atoms with Gasteiger partial charge in [-0.25, -0.2) is 9.59 Å². The first-order valence-electron chi connectivity index (χ1n) is 5.13. The first kappa shape index (κ1) is 15.2. The van der Waals surface area contributed by atoms with E-state index in [1.54, 1.807) is 0 Å². The van der Waals surface area contributed by atoms with Gasteiger partial charge in [0.05, 0.1) is 6.61 Å². The Morgan fingerprint density at radius 1 is 1.24 bits per heavy atom. The fourth-order valence-corrected chi connectivity index (χ4v) is 1.02. The third-order valence-corrected chi connectivity index (χ3v) is 1.92. The largest absolute Gasteiger partial charge is 0.480 e. The molecule has 0 fully saturated rings. The van der Waals surface area contributed by atoms with Gasteiger partial charge in [0, 0.05) is 13.0 Å². The van der Waals surface area contributed by atoms with E-state index in [9.17, 15) is 14.4 Å². The van der Waals surface area contributed by atoms with E-state index in [0.717, 1.165) is 0 Å². The number of unbranched alkanes of at least 4 members (excludes halogenated alkanes) is 1. The topological polar surface area (TPSA) is 142 Å². The summed E-state index contributed by atoms with van der Waals surface area (Å²) in [6.07, 6.45) is 1.36. The quantitative estimate of drug-likeness (QED) is 0.328. The molecule has 0 bridgehead atoms. The predicted octanol–water partition coefficient (Wildman–Crippen LogP) is -1.61. The van der Waals surface area contributed by atoms with Crippen LogP contribution in [0.5, 0.6) is 0 Å². The Morgan fingerprint density at radius 3 is 2.35 bits per heavy atom. The molecule has 6 N–H and O–H groups in total. The smallest absolute Gasteiger partial charge is 0.328 e. The van der Waals surface area contributed by atoms with Crippen molar-refractivity contribution in [1.82, 2.24) is 10.6 Å². The summed E-state index contributed by atoms with van der Waals surface area (Å²) in [5.74, 6) is -1.71. The zero-order valence-electron chi connectivity index (χ0n) is 9.31. The van der Waals surface area contributed by atoms with Gasteiger partial charge in [-0.1, -0.05) is 0 Å². The number of urea groups is 1. The van der Waals surface area contributed by atoms with Gasteiger partial charge in [-0.3, -0.25) is 4.79 Å². The molecule has 98 valence electrons. The van der Waals surface area contributed by atoms with Gasteiger partial charge in [0.2, 0.25) is 5.91 Å². The highest BCUT2D eigenvalue weighted by atomic mass is 16.4. The Morgan fingerprint density at radius 2 is 1.88 bits per heavy atom. The number of nitrogens with one attached hydrogen (secondary N) is 2. The normalized spacial score (nSPS) is 11.6. The van der Waals surface area contributed by atoms with Crippen molar-refractivity contribution in [2.24, 2.45) is 5.73 Å². The summed E-state index contributed by atoms with van der Waals surface area (Å²) in [5, 5.41) is 21.7. The highest BCUT2D eigenvalue weighted by Gasteiger charge is 2.17. The standard InChI is InChI=1S/C9H17N3O5/c10-7(14)3-1-2-4-11-9(17)12-6(5-13)8(15)16/h6,13H,1-5H2,(H2,10,14)(H,15,16)(H2,11,12,17)/t6-/m0/s1. The number of carbonyl (C=O) groups excluding carboxylic acids is 2. The van der Waals surface area contributed by atoms with Gasteiger partial charge in [-0.15, -0.1) is 0 Å². The number of rotatable bonds is 8. The van der Waals surface area contributed by atoms with E-state index in [1.165, 1.54) is 0 Å². The average molecular weight is 247 g/mol. The molecule has 0 aromatic carbocycles. The summed E-state index contributed by atoms with van der Waals surface area (Å²) in [5.41, 5.74) is 4.92. The summed E-state index contributed by atoms with van der Waals surface area (Å²) in [7, 11) is 0. The van der Waals surface area contributed by atoms with Crippen molar-refractivity contribution in [3.63, 3.8) is 0 Å². The monoisotopic (exact) mass is 247 g/mol. The molecule has 0 aliphatic heterocycles. The molecule has 0 aromatic rings. The van der Waals surface area contributed by atoms with E-state index in [0.29, 0.717) is 19.4 Å². The second-order valence-electron chi connectivity index (χ2n) is 3.40. The highest BCUT2D eigenvalue weighted by molar-refractivity contribution is 5.82. The van der Waals surface area contributed by atoms with Gasteiger partial charge in [0.15, 0.2) is 6.04 Å². The lowest BCUT2D eigenvalue weighted by molar-refractivity contribution is -0.140. The van der Waals surface area contributed by atoms with Gasteiger partial charge in [0.25, 0.3) is 0 Å². The fourth-order valence-electron chi connectivity index (χ4n) is 1.02. The van der Waals surface area contributed by atoms with Gasteiger partial charge in [-0.05, 0) is 12.8 Å². The fraction of sp³-hybridized carbons (Fsp3) is 0.667. The summed E-state index contributed by atoms with van der Waals surface area (Å²) >= 11 is 0. The summed E-state index contributed by atoms with van der Waals surface area (Å²) < 4.78 is 0. The lowest BCUT2D eigenvalue weighted by Gasteiger charge is -2.12. The van der Waals surface area contributed by atoms with E-state index < -0.39 is 30.6 Å². The second-order valence-corrected chi connectivity index (χ2v) is 3.40. The Labute approximate surface area is 98.2 Å². The van der Waals surface area contributed by atoms with Crippen LogP contribution in [0, 0.1) is 0 Å². The molecule has 0 spiro atoms. The van der Waals surface area contributed by atoms with Crippen LogP contribution < -0.4 is 16.4 Å². The van der Waals surface area contributed by atoms with Crippen LogP contribution in [0.25, 0.3) is 0 Å². The van der Waals surface area contributed by atoms with Crippen molar-refractivity contribution < 1.29 is 24.6 Å². The van der Waals surface area contributed by atoms with Crippen molar-refractivity contribution in [1.29, 1.82) is 0 Å². The van der Waals surface area contributed by atoms with Crippen LogP contribution in [0.3, 0.4) is 0 Å². The van der Waals surface area contributed by atoms with E-state index in [4.69, 9.17) is 15.9 Å². The molecule has 1 atom stereocenters. The molecule has 8 nitrogen and oxygen atoms in total. The molecule has 3 amide bonds. The lowest BCUT2D eigenvalue weighted by Crippen LogP contribution is -2.48. The van der Waals surface area contributed by atoms with Crippen molar-refractivity contribution >= 4 is 17.9 Å². The molecule has 0 aliphatic carbocycles. The molecule has 0 radical (unpaired) electrons. The molecular formula is C9H17N3O5. The van der Waals surface area contributed by atoms with E-state index in [-0.39, 0.29) is 6.42 Å². The van der Waals surface area contributed by atoms with Crippen LogP contribution in [0.4, 0.5) is 4.79 Å². The van der Waals surface area contributed by atoms with Gasteiger partial charge in [0.1, 0.15) is 0 Å². The van der Waals surface area contributed by atoms with Crippen LogP contribution in [-0.4, -0.2) is 47.3 Å². The molecular weight excluding hydrogens is 230 g/mol. The number of hydrogen-bond acceptors (Lipinski definition) is 4. The molecule has 0 rings (SSSR count). The molecule has 0 unspecified atom stereocenters. The Bertz CT molecular complexity index is 282. The summed E-state index contributed by atoms with van der Waals surface area (Å²) in [6, 6.07) is -1.99. The van der Waals surface area contributed by atoms with Crippen LogP contribution in [0.1, 0.15) is 19.3 Å². The van der Waals surface area contributed by atoms with Gasteiger partial charge < -0.3 is 26.6 Å².